The van der Waals surface area contributed by atoms with Gasteiger partial charge in [0.15, 0.2) is 0 Å². The summed E-state index contributed by atoms with van der Waals surface area (Å²) in [6.45, 7) is 0. The monoisotopic (exact) mass is 239 g/mol. The number of carboxylic acid groups (broad SMARTS) is 1. The van der Waals surface area contributed by atoms with Crippen molar-refractivity contribution in [3.8, 4) is 5.75 Å². The predicted molar refractivity (Wildman–Crippen MR) is 42.5 cm³/mol. The Bertz CT molecular complexity index is 389. The van der Waals surface area contributed by atoms with E-state index in [1.165, 1.54) is 0 Å². The number of alkyl halides is 3. The van der Waals surface area contributed by atoms with Crippen molar-refractivity contribution in [3.63, 3.8) is 0 Å². The highest BCUT2D eigenvalue weighted by atomic mass is 35.5. The molecule has 1 aromatic carbocycles. The molecular formula is C8H3ClF3O3-. The van der Waals surface area contributed by atoms with E-state index in [0.717, 1.165) is 18.2 Å². The van der Waals surface area contributed by atoms with E-state index in [0.29, 0.717) is 0 Å². The molecule has 82 valence electrons. The fraction of sp³-hybridized carbons (Fsp3) is 0.125. The van der Waals surface area contributed by atoms with E-state index < -0.39 is 23.1 Å². The number of carbonyl (C=O) groups is 1. The van der Waals surface area contributed by atoms with Gasteiger partial charge in [0.1, 0.15) is 5.75 Å². The van der Waals surface area contributed by atoms with Crippen molar-refractivity contribution in [2.75, 3.05) is 0 Å². The molecule has 0 spiro atoms. The van der Waals surface area contributed by atoms with Crippen molar-refractivity contribution in [3.05, 3.63) is 28.8 Å². The minimum absolute atomic E-state index is 0.325. The number of carboxylic acids is 1. The van der Waals surface area contributed by atoms with E-state index in [1.807, 2.05) is 0 Å². The first-order valence-corrected chi connectivity index (χ1v) is 3.94. The maximum Gasteiger partial charge on any atom is 0.573 e. The summed E-state index contributed by atoms with van der Waals surface area (Å²) < 4.78 is 38.8. The molecule has 0 saturated heterocycles. The average Bonchev–Trinajstić information content (AvgIpc) is 2.05. The third-order valence-corrected chi connectivity index (χ3v) is 1.69. The molecule has 0 amide bonds. The van der Waals surface area contributed by atoms with Gasteiger partial charge in [0.05, 0.1) is 11.0 Å². The Morgan fingerprint density at radius 2 is 2.00 bits per heavy atom. The zero-order chi connectivity index (χ0) is 11.6. The Morgan fingerprint density at radius 1 is 1.40 bits per heavy atom. The SMILES string of the molecule is O=C([O-])c1ccc(OC(F)(F)F)c(Cl)c1. The van der Waals surface area contributed by atoms with Crippen molar-refractivity contribution in [2.24, 2.45) is 0 Å². The normalized spacial score (nSPS) is 11.2. The molecule has 0 heterocycles. The predicted octanol–water partition coefficient (Wildman–Crippen LogP) is 1.60. The van der Waals surface area contributed by atoms with Crippen molar-refractivity contribution in [1.29, 1.82) is 0 Å². The van der Waals surface area contributed by atoms with E-state index in [1.54, 1.807) is 0 Å². The van der Waals surface area contributed by atoms with Gasteiger partial charge in [-0.2, -0.15) is 0 Å². The lowest BCUT2D eigenvalue weighted by atomic mass is 10.2. The number of hydrogen-bond acceptors (Lipinski definition) is 3. The van der Waals surface area contributed by atoms with Gasteiger partial charge in [0.2, 0.25) is 0 Å². The first-order chi connectivity index (χ1) is 6.79. The highest BCUT2D eigenvalue weighted by Gasteiger charge is 2.31. The van der Waals surface area contributed by atoms with Gasteiger partial charge in [-0.3, -0.25) is 0 Å². The van der Waals surface area contributed by atoms with Crippen LogP contribution in [-0.2, 0) is 0 Å². The van der Waals surface area contributed by atoms with Crippen molar-refractivity contribution < 1.29 is 27.8 Å². The fourth-order valence-corrected chi connectivity index (χ4v) is 1.05. The maximum atomic E-state index is 11.8. The van der Waals surface area contributed by atoms with Crippen molar-refractivity contribution in [2.45, 2.75) is 6.36 Å². The third-order valence-electron chi connectivity index (χ3n) is 1.39. The zero-order valence-corrected chi connectivity index (χ0v) is 7.72. The van der Waals surface area contributed by atoms with Gasteiger partial charge < -0.3 is 14.6 Å². The van der Waals surface area contributed by atoms with Crippen molar-refractivity contribution >= 4 is 17.6 Å². The quantitative estimate of drug-likeness (QED) is 0.788. The number of halogens is 4. The van der Waals surface area contributed by atoms with E-state index >= 15 is 0 Å². The number of carbonyl (C=O) groups excluding carboxylic acids is 1. The summed E-state index contributed by atoms with van der Waals surface area (Å²) in [7, 11) is 0. The number of aromatic carboxylic acids is 1. The van der Waals surface area contributed by atoms with Crippen molar-refractivity contribution in [1.82, 2.24) is 0 Å². The molecule has 7 heteroatoms. The van der Waals surface area contributed by atoms with Crippen LogP contribution in [0, 0.1) is 0 Å². The van der Waals surface area contributed by atoms with Crippen LogP contribution in [0.5, 0.6) is 5.75 Å². The first kappa shape index (κ1) is 11.6. The Morgan fingerprint density at radius 3 is 2.40 bits per heavy atom. The molecule has 3 nitrogen and oxygen atoms in total. The Kier molecular flexibility index (Phi) is 3.09. The second kappa shape index (κ2) is 3.98. The van der Waals surface area contributed by atoms with Crippen LogP contribution in [0.1, 0.15) is 10.4 Å². The fourth-order valence-electron chi connectivity index (χ4n) is 0.835. The summed E-state index contributed by atoms with van der Waals surface area (Å²) in [5, 5.41) is 9.87. The van der Waals surface area contributed by atoms with E-state index in [4.69, 9.17) is 11.6 Å². The lowest BCUT2D eigenvalue weighted by Gasteiger charge is -2.11. The van der Waals surface area contributed by atoms with Gasteiger partial charge in [-0.1, -0.05) is 11.6 Å². The molecule has 0 aliphatic heterocycles. The minimum atomic E-state index is -4.87. The molecule has 0 radical (unpaired) electrons. The molecular weight excluding hydrogens is 237 g/mol. The summed E-state index contributed by atoms with van der Waals surface area (Å²) in [5.74, 6) is -2.19. The zero-order valence-electron chi connectivity index (χ0n) is 6.97. The van der Waals surface area contributed by atoms with Gasteiger partial charge in [0, 0.05) is 0 Å². The molecule has 0 aromatic heterocycles. The number of ether oxygens (including phenoxy) is 1. The summed E-state index contributed by atoms with van der Waals surface area (Å²) >= 11 is 5.36. The molecule has 0 saturated carbocycles. The highest BCUT2D eigenvalue weighted by molar-refractivity contribution is 6.32. The van der Waals surface area contributed by atoms with Gasteiger partial charge in [-0.15, -0.1) is 13.2 Å². The van der Waals surface area contributed by atoms with Crippen LogP contribution < -0.4 is 9.84 Å². The number of benzene rings is 1. The standard InChI is InChI=1S/C8H4ClF3O3/c9-5-3-4(7(13)14)1-2-6(5)15-8(10,11)12/h1-3H,(H,13,14)/p-1. The van der Waals surface area contributed by atoms with Gasteiger partial charge >= 0.3 is 6.36 Å². The van der Waals surface area contributed by atoms with Gasteiger partial charge in [0.25, 0.3) is 0 Å². The average molecular weight is 240 g/mol. The largest absolute Gasteiger partial charge is 0.573 e. The Balaban J connectivity index is 2.99. The van der Waals surface area contributed by atoms with Crippen LogP contribution in [0.2, 0.25) is 5.02 Å². The first-order valence-electron chi connectivity index (χ1n) is 3.56. The molecule has 15 heavy (non-hydrogen) atoms. The van der Waals surface area contributed by atoms with Crippen LogP contribution in [0.4, 0.5) is 13.2 Å². The summed E-state index contributed by atoms with van der Waals surface area (Å²) in [6.07, 6.45) is -4.87. The van der Waals surface area contributed by atoms with Crippen LogP contribution in [-0.4, -0.2) is 12.3 Å². The molecule has 0 aliphatic carbocycles. The highest BCUT2D eigenvalue weighted by Crippen LogP contribution is 2.30. The summed E-state index contributed by atoms with van der Waals surface area (Å²) in [6, 6.07) is 2.53. The Labute approximate surface area is 87.0 Å². The molecule has 0 atom stereocenters. The molecule has 1 aromatic rings. The molecule has 0 N–H and O–H groups in total. The second-order valence-electron chi connectivity index (χ2n) is 2.48. The lowest BCUT2D eigenvalue weighted by molar-refractivity contribution is -0.274. The minimum Gasteiger partial charge on any atom is -0.545 e. The Hall–Kier alpha value is -1.43. The van der Waals surface area contributed by atoms with Crippen LogP contribution >= 0.6 is 11.6 Å². The maximum absolute atomic E-state index is 11.8. The van der Waals surface area contributed by atoms with Gasteiger partial charge in [-0.05, 0) is 23.8 Å². The molecule has 1 rings (SSSR count). The molecule has 0 fully saturated rings. The van der Waals surface area contributed by atoms with Crippen LogP contribution in [0.15, 0.2) is 18.2 Å². The smallest absolute Gasteiger partial charge is 0.545 e. The lowest BCUT2D eigenvalue weighted by Crippen LogP contribution is -2.22. The summed E-state index contributed by atoms with van der Waals surface area (Å²) in [5.41, 5.74) is -0.325. The van der Waals surface area contributed by atoms with Gasteiger partial charge in [-0.25, -0.2) is 0 Å². The molecule has 0 bridgehead atoms. The van der Waals surface area contributed by atoms with Crippen LogP contribution in [0.3, 0.4) is 0 Å². The summed E-state index contributed by atoms with van der Waals surface area (Å²) in [4.78, 5) is 10.3. The second-order valence-corrected chi connectivity index (χ2v) is 2.89. The molecule has 0 aliphatic rings. The topological polar surface area (TPSA) is 49.4 Å². The van der Waals surface area contributed by atoms with E-state index in [-0.39, 0.29) is 5.56 Å². The number of hydrogen-bond donors (Lipinski definition) is 0. The number of rotatable bonds is 2. The molecule has 0 unspecified atom stereocenters. The van der Waals surface area contributed by atoms with Crippen LogP contribution in [0.25, 0.3) is 0 Å². The van der Waals surface area contributed by atoms with E-state index in [2.05, 4.69) is 4.74 Å². The van der Waals surface area contributed by atoms with E-state index in [9.17, 15) is 23.1 Å². The third kappa shape index (κ3) is 3.32.